The lowest BCUT2D eigenvalue weighted by atomic mass is 9.95. The molecule has 2 amide bonds. The summed E-state index contributed by atoms with van der Waals surface area (Å²) in [6, 6.07) is 12.2. The number of nitrogens with zero attached hydrogens (tertiary/aromatic N) is 6. The molecule has 1 saturated carbocycles. The van der Waals surface area contributed by atoms with Gasteiger partial charge in [-0.3, -0.25) is 14.5 Å². The Morgan fingerprint density at radius 2 is 2.03 bits per heavy atom. The Balaban J connectivity index is 1.58. The Labute approximate surface area is 225 Å². The molecular weight excluding hydrogens is 502 g/mol. The summed E-state index contributed by atoms with van der Waals surface area (Å²) in [7, 11) is 3.44. The van der Waals surface area contributed by atoms with Crippen molar-refractivity contribution in [2.24, 2.45) is 7.05 Å². The van der Waals surface area contributed by atoms with Crippen LogP contribution in [-0.2, 0) is 23.1 Å². The molecule has 1 aliphatic rings. The van der Waals surface area contributed by atoms with Gasteiger partial charge in [-0.05, 0) is 59.0 Å². The topological polar surface area (TPSA) is 107 Å². The number of tetrazole rings is 1. The number of carbonyl (C=O) groups excluding carboxylic acids is 2. The van der Waals surface area contributed by atoms with E-state index in [0.717, 1.165) is 36.3 Å². The third-order valence-corrected chi connectivity index (χ3v) is 7.81. The van der Waals surface area contributed by atoms with Crippen LogP contribution in [0.3, 0.4) is 0 Å². The summed E-state index contributed by atoms with van der Waals surface area (Å²) >= 11 is 1.52. The van der Waals surface area contributed by atoms with Crippen molar-refractivity contribution < 1.29 is 14.3 Å². The van der Waals surface area contributed by atoms with Gasteiger partial charge in [-0.2, -0.15) is 4.68 Å². The fraction of sp³-hybridized carbons (Fsp3) is 0.370. The molecule has 1 fully saturated rings. The van der Waals surface area contributed by atoms with Crippen molar-refractivity contribution in [3.63, 3.8) is 0 Å². The van der Waals surface area contributed by atoms with Crippen molar-refractivity contribution >= 4 is 28.8 Å². The first-order valence-corrected chi connectivity index (χ1v) is 13.6. The molecule has 10 nitrogen and oxygen atoms in total. The van der Waals surface area contributed by atoms with Crippen molar-refractivity contribution in [1.29, 1.82) is 0 Å². The predicted molar refractivity (Wildman–Crippen MR) is 144 cm³/mol. The summed E-state index contributed by atoms with van der Waals surface area (Å²) in [5.41, 5.74) is 1.89. The normalized spacial score (nSPS) is 14.7. The molecule has 3 aromatic heterocycles. The molecule has 0 spiro atoms. The average molecular weight is 534 g/mol. The number of carbonyl (C=O) groups is 2. The SMILES string of the molecule is COc1cc(N(C(=O)Cc2cccs2)C(C(=O)NC2CCCCC2)c2cccn2C)ccc1-n1cnnn1. The first-order valence-electron chi connectivity index (χ1n) is 12.7. The van der Waals surface area contributed by atoms with Gasteiger partial charge < -0.3 is 14.6 Å². The van der Waals surface area contributed by atoms with E-state index in [4.69, 9.17) is 4.74 Å². The Kier molecular flexibility index (Phi) is 7.83. The zero-order valence-corrected chi connectivity index (χ0v) is 22.3. The lowest BCUT2D eigenvalue weighted by molar-refractivity contribution is -0.127. The molecule has 1 atom stereocenters. The van der Waals surface area contributed by atoms with Crippen LogP contribution in [0, 0.1) is 0 Å². The molecule has 1 aromatic carbocycles. The highest BCUT2D eigenvalue weighted by Crippen LogP contribution is 2.34. The molecule has 1 unspecified atom stereocenters. The summed E-state index contributed by atoms with van der Waals surface area (Å²) in [5, 5.41) is 16.6. The van der Waals surface area contributed by atoms with Crippen LogP contribution >= 0.6 is 11.3 Å². The molecule has 3 heterocycles. The number of rotatable bonds is 9. The van der Waals surface area contributed by atoms with Crippen LogP contribution in [0.1, 0.15) is 48.7 Å². The number of thiophene rings is 1. The van der Waals surface area contributed by atoms with Crippen molar-refractivity contribution in [3.05, 3.63) is 70.9 Å². The van der Waals surface area contributed by atoms with Gasteiger partial charge in [-0.1, -0.05) is 25.3 Å². The van der Waals surface area contributed by atoms with Gasteiger partial charge in [0, 0.05) is 35.9 Å². The fourth-order valence-corrected chi connectivity index (χ4v) is 5.73. The van der Waals surface area contributed by atoms with Crippen LogP contribution in [0.2, 0.25) is 0 Å². The van der Waals surface area contributed by atoms with Gasteiger partial charge in [0.15, 0.2) is 6.04 Å². The Bertz CT molecular complexity index is 1360. The third-order valence-electron chi connectivity index (χ3n) is 6.93. The molecule has 5 rings (SSSR count). The number of aryl methyl sites for hydroxylation is 1. The summed E-state index contributed by atoms with van der Waals surface area (Å²) < 4.78 is 9.05. The number of ether oxygens (including phenoxy) is 1. The maximum atomic E-state index is 14.0. The molecule has 0 radical (unpaired) electrons. The first kappa shape index (κ1) is 25.7. The molecule has 198 valence electrons. The number of anilines is 1. The van der Waals surface area contributed by atoms with Gasteiger partial charge in [0.25, 0.3) is 0 Å². The molecule has 4 aromatic rings. The molecular formula is C27H31N7O3S. The second-order valence-corrected chi connectivity index (χ2v) is 10.5. The quantitative estimate of drug-likeness (QED) is 0.350. The summed E-state index contributed by atoms with van der Waals surface area (Å²) in [5.74, 6) is 0.0958. The maximum Gasteiger partial charge on any atom is 0.249 e. The van der Waals surface area contributed by atoms with E-state index in [1.165, 1.54) is 28.8 Å². The Morgan fingerprint density at radius 3 is 2.68 bits per heavy atom. The molecule has 1 N–H and O–H groups in total. The Hall–Kier alpha value is -3.99. The number of benzene rings is 1. The van der Waals surface area contributed by atoms with E-state index in [-0.39, 0.29) is 24.3 Å². The van der Waals surface area contributed by atoms with E-state index in [0.29, 0.717) is 17.1 Å². The van der Waals surface area contributed by atoms with Crippen molar-refractivity contribution in [2.75, 3.05) is 12.0 Å². The molecule has 0 bridgehead atoms. The third kappa shape index (κ3) is 5.47. The molecule has 0 aliphatic heterocycles. The monoisotopic (exact) mass is 533 g/mol. The van der Waals surface area contributed by atoms with E-state index in [1.54, 1.807) is 30.2 Å². The fourth-order valence-electron chi connectivity index (χ4n) is 5.03. The second-order valence-electron chi connectivity index (χ2n) is 9.42. The number of aromatic nitrogens is 5. The lowest BCUT2D eigenvalue weighted by Crippen LogP contribution is -2.48. The number of hydrogen-bond acceptors (Lipinski definition) is 7. The van der Waals surface area contributed by atoms with Crippen LogP contribution in [-0.4, -0.2) is 49.7 Å². The first-order chi connectivity index (χ1) is 18.5. The van der Waals surface area contributed by atoms with Gasteiger partial charge in [0.1, 0.15) is 17.8 Å². The van der Waals surface area contributed by atoms with Gasteiger partial charge in [-0.15, -0.1) is 16.4 Å². The van der Waals surface area contributed by atoms with Crippen molar-refractivity contribution in [3.8, 4) is 11.4 Å². The number of hydrogen-bond donors (Lipinski definition) is 1. The van der Waals surface area contributed by atoms with E-state index in [2.05, 4.69) is 20.8 Å². The molecule has 11 heteroatoms. The van der Waals surface area contributed by atoms with E-state index < -0.39 is 6.04 Å². The Morgan fingerprint density at radius 1 is 1.18 bits per heavy atom. The van der Waals surface area contributed by atoms with Crippen LogP contribution in [0.4, 0.5) is 5.69 Å². The summed E-state index contributed by atoms with van der Waals surface area (Å²) in [6.07, 6.45) is 8.81. The number of nitrogens with one attached hydrogen (secondary N) is 1. The highest BCUT2D eigenvalue weighted by atomic mass is 32.1. The van der Waals surface area contributed by atoms with Gasteiger partial charge in [0.2, 0.25) is 11.8 Å². The number of amides is 2. The highest BCUT2D eigenvalue weighted by molar-refractivity contribution is 7.10. The summed E-state index contributed by atoms with van der Waals surface area (Å²) in [6.45, 7) is 0. The van der Waals surface area contributed by atoms with Crippen molar-refractivity contribution in [2.45, 2.75) is 50.6 Å². The molecule has 0 saturated heterocycles. The lowest BCUT2D eigenvalue weighted by Gasteiger charge is -2.34. The smallest absolute Gasteiger partial charge is 0.249 e. The summed E-state index contributed by atoms with van der Waals surface area (Å²) in [4.78, 5) is 30.6. The standard InChI is InChI=1S/C27H31N7O3S/c1-32-14-6-11-23(32)26(27(36)29-19-8-4-3-5-9-19)34(25(35)17-21-10-7-15-38-21)20-12-13-22(24(16-20)37-2)33-18-28-30-31-33/h6-7,10-16,18-19,26H,3-5,8-9,17H2,1-2H3,(H,29,36). The van der Waals surface area contributed by atoms with Gasteiger partial charge in [0.05, 0.1) is 19.2 Å². The zero-order chi connectivity index (χ0) is 26.5. The highest BCUT2D eigenvalue weighted by Gasteiger charge is 2.36. The zero-order valence-electron chi connectivity index (χ0n) is 21.5. The van der Waals surface area contributed by atoms with Gasteiger partial charge in [-0.25, -0.2) is 0 Å². The van der Waals surface area contributed by atoms with Crippen LogP contribution < -0.4 is 15.0 Å². The van der Waals surface area contributed by atoms with E-state index in [1.807, 2.05) is 47.5 Å². The molecule has 1 aliphatic carbocycles. The minimum atomic E-state index is -0.868. The van der Waals surface area contributed by atoms with Gasteiger partial charge >= 0.3 is 0 Å². The second kappa shape index (κ2) is 11.6. The van der Waals surface area contributed by atoms with E-state index >= 15 is 0 Å². The van der Waals surface area contributed by atoms with Crippen LogP contribution in [0.25, 0.3) is 5.69 Å². The maximum absolute atomic E-state index is 14.0. The van der Waals surface area contributed by atoms with Crippen LogP contribution in [0.15, 0.2) is 60.4 Å². The van der Waals surface area contributed by atoms with Crippen molar-refractivity contribution in [1.82, 2.24) is 30.1 Å². The van der Waals surface area contributed by atoms with E-state index in [9.17, 15) is 9.59 Å². The largest absolute Gasteiger partial charge is 0.494 e. The minimum Gasteiger partial charge on any atom is -0.494 e. The van der Waals surface area contributed by atoms with Crippen LogP contribution in [0.5, 0.6) is 5.75 Å². The molecule has 38 heavy (non-hydrogen) atoms. The number of methoxy groups -OCH3 is 1. The predicted octanol–water partition coefficient (Wildman–Crippen LogP) is 3.84. The average Bonchev–Trinajstić information content (AvgIpc) is 3.71. The minimum absolute atomic E-state index is 0.102.